The Morgan fingerprint density at radius 1 is 1.31 bits per heavy atom. The second-order valence-corrected chi connectivity index (χ2v) is 5.56. The summed E-state index contributed by atoms with van der Waals surface area (Å²) < 4.78 is 0. The quantitative estimate of drug-likeness (QED) is 0.760. The summed E-state index contributed by atoms with van der Waals surface area (Å²) in [5.74, 6) is 0. The van der Waals surface area contributed by atoms with Gasteiger partial charge < -0.3 is 10.2 Å². The van der Waals surface area contributed by atoms with Gasteiger partial charge in [-0.05, 0) is 39.8 Å². The molecule has 2 fully saturated rings. The fourth-order valence-corrected chi connectivity index (χ4v) is 3.05. The van der Waals surface area contributed by atoms with Gasteiger partial charge in [-0.2, -0.15) is 0 Å². The molecule has 3 unspecified atom stereocenters. The van der Waals surface area contributed by atoms with Gasteiger partial charge in [-0.3, -0.25) is 4.90 Å². The number of nitrogens with zero attached hydrogens (tertiary/aromatic N) is 2. The molecule has 94 valence electrons. The number of likely N-dealkylation sites (tertiary alicyclic amines) is 1. The van der Waals surface area contributed by atoms with Crippen LogP contribution in [0.2, 0.25) is 0 Å². The molecule has 0 aromatic carbocycles. The van der Waals surface area contributed by atoms with Crippen molar-refractivity contribution in [2.24, 2.45) is 0 Å². The van der Waals surface area contributed by atoms with E-state index in [-0.39, 0.29) is 0 Å². The third-order valence-corrected chi connectivity index (χ3v) is 4.48. The fourth-order valence-electron chi connectivity index (χ4n) is 3.05. The molecule has 16 heavy (non-hydrogen) atoms. The van der Waals surface area contributed by atoms with Gasteiger partial charge in [0.05, 0.1) is 0 Å². The van der Waals surface area contributed by atoms with Gasteiger partial charge in [0, 0.05) is 37.8 Å². The summed E-state index contributed by atoms with van der Waals surface area (Å²) in [4.78, 5) is 5.23. The van der Waals surface area contributed by atoms with Gasteiger partial charge in [0.15, 0.2) is 0 Å². The average Bonchev–Trinajstić information content (AvgIpc) is 2.33. The normalized spacial score (nSPS) is 38.8. The van der Waals surface area contributed by atoms with E-state index >= 15 is 0 Å². The van der Waals surface area contributed by atoms with Crippen LogP contribution in [0.1, 0.15) is 33.1 Å². The number of piperidine rings is 1. The van der Waals surface area contributed by atoms with E-state index < -0.39 is 0 Å². The van der Waals surface area contributed by atoms with Crippen LogP contribution in [0.3, 0.4) is 0 Å². The Labute approximate surface area is 100 Å². The summed E-state index contributed by atoms with van der Waals surface area (Å²) in [5, 5.41) is 3.61. The van der Waals surface area contributed by atoms with Crippen LogP contribution in [0.25, 0.3) is 0 Å². The van der Waals surface area contributed by atoms with Crippen molar-refractivity contribution < 1.29 is 0 Å². The van der Waals surface area contributed by atoms with Crippen LogP contribution in [0.5, 0.6) is 0 Å². The van der Waals surface area contributed by atoms with Crippen LogP contribution in [0, 0.1) is 0 Å². The zero-order valence-electron chi connectivity index (χ0n) is 11.1. The van der Waals surface area contributed by atoms with Gasteiger partial charge in [-0.1, -0.05) is 6.92 Å². The van der Waals surface area contributed by atoms with Gasteiger partial charge >= 0.3 is 0 Å². The second-order valence-electron chi connectivity index (χ2n) is 5.56. The molecule has 2 saturated heterocycles. The molecule has 3 heteroatoms. The molecule has 1 N–H and O–H groups in total. The van der Waals surface area contributed by atoms with Crippen molar-refractivity contribution in [2.45, 2.75) is 51.2 Å². The van der Waals surface area contributed by atoms with E-state index in [1.807, 2.05) is 0 Å². The van der Waals surface area contributed by atoms with E-state index in [1.54, 1.807) is 0 Å². The summed E-state index contributed by atoms with van der Waals surface area (Å²) >= 11 is 0. The molecule has 3 atom stereocenters. The van der Waals surface area contributed by atoms with Gasteiger partial charge in [-0.25, -0.2) is 0 Å². The lowest BCUT2D eigenvalue weighted by atomic mass is 9.96. The van der Waals surface area contributed by atoms with Crippen LogP contribution in [-0.2, 0) is 0 Å². The zero-order chi connectivity index (χ0) is 11.5. The number of rotatable bonds is 2. The highest BCUT2D eigenvalue weighted by molar-refractivity contribution is 4.87. The van der Waals surface area contributed by atoms with Gasteiger partial charge in [0.1, 0.15) is 0 Å². The molecule has 0 aliphatic carbocycles. The molecule has 0 aromatic rings. The summed E-state index contributed by atoms with van der Waals surface area (Å²) in [5.41, 5.74) is 0. The average molecular weight is 225 g/mol. The number of nitrogens with one attached hydrogen (secondary N) is 1. The third-order valence-electron chi connectivity index (χ3n) is 4.48. The largest absolute Gasteiger partial charge is 0.311 e. The Hall–Kier alpha value is -0.120. The highest BCUT2D eigenvalue weighted by atomic mass is 15.2. The Morgan fingerprint density at radius 3 is 2.81 bits per heavy atom. The number of piperazine rings is 1. The standard InChI is InChI=1S/C13H27N3/c1-4-12-10-16(8-6-14-12)13-5-7-15(3)11(2)9-13/h11-14H,4-10H2,1-3H3. The van der Waals surface area contributed by atoms with Crippen LogP contribution in [0.4, 0.5) is 0 Å². The van der Waals surface area contributed by atoms with Crippen molar-refractivity contribution in [1.82, 2.24) is 15.1 Å². The van der Waals surface area contributed by atoms with E-state index in [9.17, 15) is 0 Å². The van der Waals surface area contributed by atoms with Crippen molar-refractivity contribution in [3.8, 4) is 0 Å². The Bertz CT molecular complexity index is 215. The summed E-state index contributed by atoms with van der Waals surface area (Å²) in [6, 6.07) is 2.32. The maximum atomic E-state index is 3.61. The second kappa shape index (κ2) is 5.48. The molecule has 0 amide bonds. The molecule has 0 bridgehead atoms. The summed E-state index contributed by atoms with van der Waals surface area (Å²) in [6.45, 7) is 9.62. The lowest BCUT2D eigenvalue weighted by Gasteiger charge is -2.44. The molecular formula is C13H27N3. The Kier molecular flexibility index (Phi) is 4.22. The number of hydrogen-bond acceptors (Lipinski definition) is 3. The minimum atomic E-state index is 0.726. The lowest BCUT2D eigenvalue weighted by molar-refractivity contribution is 0.0667. The van der Waals surface area contributed by atoms with Gasteiger partial charge in [-0.15, -0.1) is 0 Å². The Balaban J connectivity index is 1.87. The maximum Gasteiger partial charge on any atom is 0.0193 e. The molecule has 0 radical (unpaired) electrons. The summed E-state index contributed by atoms with van der Waals surface area (Å²) in [7, 11) is 2.26. The molecule has 2 heterocycles. The van der Waals surface area contributed by atoms with Crippen LogP contribution in [0.15, 0.2) is 0 Å². The van der Waals surface area contributed by atoms with Gasteiger partial charge in [0.25, 0.3) is 0 Å². The molecule has 3 nitrogen and oxygen atoms in total. The van der Waals surface area contributed by atoms with Crippen molar-refractivity contribution >= 4 is 0 Å². The third kappa shape index (κ3) is 2.76. The topological polar surface area (TPSA) is 18.5 Å². The highest BCUT2D eigenvalue weighted by Gasteiger charge is 2.29. The molecule has 0 saturated carbocycles. The zero-order valence-corrected chi connectivity index (χ0v) is 11.1. The van der Waals surface area contributed by atoms with Crippen LogP contribution >= 0.6 is 0 Å². The molecule has 2 aliphatic heterocycles. The monoisotopic (exact) mass is 225 g/mol. The fraction of sp³-hybridized carbons (Fsp3) is 1.00. The molecular weight excluding hydrogens is 198 g/mol. The van der Waals surface area contributed by atoms with E-state index in [1.165, 1.54) is 45.4 Å². The van der Waals surface area contributed by atoms with Crippen LogP contribution in [-0.4, -0.2) is 61.2 Å². The first-order chi connectivity index (χ1) is 7.70. The SMILES string of the molecule is CCC1CN(C2CCN(C)C(C)C2)CCN1. The van der Waals surface area contributed by atoms with E-state index in [0.717, 1.165) is 18.1 Å². The van der Waals surface area contributed by atoms with Crippen LogP contribution < -0.4 is 5.32 Å². The number of hydrogen-bond donors (Lipinski definition) is 1. The summed E-state index contributed by atoms with van der Waals surface area (Å²) in [6.07, 6.45) is 3.98. The Morgan fingerprint density at radius 2 is 2.12 bits per heavy atom. The molecule has 0 spiro atoms. The first-order valence-corrected chi connectivity index (χ1v) is 6.88. The molecule has 0 aromatic heterocycles. The smallest absolute Gasteiger partial charge is 0.0193 e. The lowest BCUT2D eigenvalue weighted by Crippen LogP contribution is -2.56. The van der Waals surface area contributed by atoms with E-state index in [0.29, 0.717) is 0 Å². The predicted octanol–water partition coefficient (Wildman–Crippen LogP) is 1.15. The van der Waals surface area contributed by atoms with E-state index in [2.05, 4.69) is 36.0 Å². The minimum Gasteiger partial charge on any atom is -0.311 e. The van der Waals surface area contributed by atoms with Crippen molar-refractivity contribution in [2.75, 3.05) is 33.2 Å². The van der Waals surface area contributed by atoms with E-state index in [4.69, 9.17) is 0 Å². The predicted molar refractivity (Wildman–Crippen MR) is 68.8 cm³/mol. The highest BCUT2D eigenvalue weighted by Crippen LogP contribution is 2.21. The molecule has 2 rings (SSSR count). The maximum absolute atomic E-state index is 3.61. The minimum absolute atomic E-state index is 0.726. The van der Waals surface area contributed by atoms with Crippen molar-refractivity contribution in [3.05, 3.63) is 0 Å². The van der Waals surface area contributed by atoms with Gasteiger partial charge in [0.2, 0.25) is 0 Å². The van der Waals surface area contributed by atoms with Crippen molar-refractivity contribution in [1.29, 1.82) is 0 Å². The first-order valence-electron chi connectivity index (χ1n) is 6.88. The van der Waals surface area contributed by atoms with Crippen molar-refractivity contribution in [3.63, 3.8) is 0 Å². The first kappa shape index (κ1) is 12.3. The molecule has 2 aliphatic rings.